The molecule has 21 heavy (non-hydrogen) atoms. The lowest BCUT2D eigenvalue weighted by molar-refractivity contribution is 0.102. The highest BCUT2D eigenvalue weighted by atomic mass is 79.9. The molecule has 1 aliphatic carbocycles. The van der Waals surface area contributed by atoms with Gasteiger partial charge in [0, 0.05) is 28.5 Å². The summed E-state index contributed by atoms with van der Waals surface area (Å²) >= 11 is 3.34. The Balaban J connectivity index is 1.93. The molecule has 0 bridgehead atoms. The highest BCUT2D eigenvalue weighted by Crippen LogP contribution is 2.34. The van der Waals surface area contributed by atoms with E-state index in [4.69, 9.17) is 0 Å². The smallest absolute Gasteiger partial charge is 0.263 e. The summed E-state index contributed by atoms with van der Waals surface area (Å²) in [5, 5.41) is 2.63. The van der Waals surface area contributed by atoms with Gasteiger partial charge in [0.2, 0.25) is 0 Å². The Morgan fingerprint density at radius 3 is 2.81 bits per heavy atom. The van der Waals surface area contributed by atoms with E-state index < -0.39 is 5.91 Å². The minimum atomic E-state index is -0.464. The number of anilines is 1. The van der Waals surface area contributed by atoms with Crippen molar-refractivity contribution in [2.75, 3.05) is 5.32 Å². The minimum absolute atomic E-state index is 0.104. The van der Waals surface area contributed by atoms with Crippen LogP contribution in [-0.2, 0) is 0 Å². The fourth-order valence-corrected chi connectivity index (χ4v) is 2.51. The molecule has 0 aliphatic heterocycles. The second kappa shape index (κ2) is 5.40. The van der Waals surface area contributed by atoms with Crippen LogP contribution >= 0.6 is 15.9 Å². The zero-order valence-electron chi connectivity index (χ0n) is 11.3. The van der Waals surface area contributed by atoms with Crippen LogP contribution in [0.15, 0.2) is 33.9 Å². The van der Waals surface area contributed by atoms with Crippen LogP contribution in [0.2, 0.25) is 0 Å². The molecule has 1 amide bonds. The summed E-state index contributed by atoms with van der Waals surface area (Å²) < 4.78 is 2.32. The van der Waals surface area contributed by atoms with E-state index in [9.17, 15) is 9.59 Å². The lowest BCUT2D eigenvalue weighted by atomic mass is 10.2. The highest BCUT2D eigenvalue weighted by molar-refractivity contribution is 9.10. The number of pyridine rings is 1. The van der Waals surface area contributed by atoms with Gasteiger partial charge in [-0.25, -0.2) is 9.97 Å². The topological polar surface area (TPSA) is 76.9 Å². The molecule has 0 unspecified atom stereocenters. The molecule has 1 N–H and O–H groups in total. The number of carbonyl (C=O) groups excluding carboxylic acids is 1. The maximum absolute atomic E-state index is 12.3. The fourth-order valence-electron chi connectivity index (χ4n) is 2.06. The number of aryl methyl sites for hydroxylation is 1. The van der Waals surface area contributed by atoms with Crippen molar-refractivity contribution >= 4 is 27.7 Å². The maximum atomic E-state index is 12.3. The standard InChI is InChI=1S/C14H13BrN4O2/c1-8-4-12(17-7-16-8)18-13(20)11-5-9(15)6-19(14(11)21)10-2-3-10/h4-7,10H,2-3H2,1H3,(H,16,17,18,20). The number of rotatable bonds is 3. The Hall–Kier alpha value is -2.02. The number of halogens is 1. The van der Waals surface area contributed by atoms with Crippen LogP contribution in [0.25, 0.3) is 0 Å². The predicted molar refractivity (Wildman–Crippen MR) is 81.4 cm³/mol. The number of nitrogens with zero attached hydrogens (tertiary/aromatic N) is 3. The van der Waals surface area contributed by atoms with E-state index in [-0.39, 0.29) is 17.2 Å². The van der Waals surface area contributed by atoms with E-state index in [0.717, 1.165) is 18.5 Å². The Kier molecular flexibility index (Phi) is 3.59. The van der Waals surface area contributed by atoms with Crippen molar-refractivity contribution in [3.05, 3.63) is 50.7 Å². The summed E-state index contributed by atoms with van der Waals surface area (Å²) in [4.78, 5) is 32.6. The predicted octanol–water partition coefficient (Wildman–Crippen LogP) is 2.30. The molecule has 1 fully saturated rings. The van der Waals surface area contributed by atoms with Crippen molar-refractivity contribution in [1.82, 2.24) is 14.5 Å². The van der Waals surface area contributed by atoms with Gasteiger partial charge in [-0.1, -0.05) is 0 Å². The Morgan fingerprint density at radius 2 is 2.14 bits per heavy atom. The van der Waals surface area contributed by atoms with Crippen LogP contribution in [0, 0.1) is 6.92 Å². The molecule has 7 heteroatoms. The zero-order chi connectivity index (χ0) is 15.0. The Labute approximate surface area is 129 Å². The molecule has 1 aliphatic rings. The van der Waals surface area contributed by atoms with Crippen LogP contribution in [-0.4, -0.2) is 20.4 Å². The van der Waals surface area contributed by atoms with Crippen molar-refractivity contribution in [1.29, 1.82) is 0 Å². The van der Waals surface area contributed by atoms with Gasteiger partial charge in [-0.3, -0.25) is 9.59 Å². The van der Waals surface area contributed by atoms with Gasteiger partial charge in [-0.05, 0) is 41.8 Å². The molecule has 6 nitrogen and oxygen atoms in total. The first kappa shape index (κ1) is 13.9. The number of nitrogens with one attached hydrogen (secondary N) is 1. The van der Waals surface area contributed by atoms with E-state index in [1.165, 1.54) is 12.4 Å². The van der Waals surface area contributed by atoms with Gasteiger partial charge in [0.15, 0.2) is 0 Å². The molecule has 0 aromatic carbocycles. The molecule has 0 spiro atoms. The monoisotopic (exact) mass is 348 g/mol. The average molecular weight is 349 g/mol. The largest absolute Gasteiger partial charge is 0.311 e. The highest BCUT2D eigenvalue weighted by Gasteiger charge is 2.26. The van der Waals surface area contributed by atoms with Crippen molar-refractivity contribution < 1.29 is 4.79 Å². The SMILES string of the molecule is Cc1cc(NC(=O)c2cc(Br)cn(C3CC3)c2=O)ncn1. The summed E-state index contributed by atoms with van der Waals surface area (Å²) in [5.41, 5.74) is 0.571. The summed E-state index contributed by atoms with van der Waals surface area (Å²) in [6, 6.07) is 3.39. The molecular formula is C14H13BrN4O2. The summed E-state index contributed by atoms with van der Waals surface area (Å²) in [7, 11) is 0. The number of hydrogen-bond donors (Lipinski definition) is 1. The fraction of sp³-hybridized carbons (Fsp3) is 0.286. The van der Waals surface area contributed by atoms with Crippen LogP contribution in [0.3, 0.4) is 0 Å². The first-order chi connectivity index (χ1) is 10.0. The quantitative estimate of drug-likeness (QED) is 0.923. The first-order valence-corrected chi connectivity index (χ1v) is 7.35. The van der Waals surface area contributed by atoms with E-state index >= 15 is 0 Å². The van der Waals surface area contributed by atoms with Gasteiger partial charge in [0.25, 0.3) is 11.5 Å². The third-order valence-corrected chi connectivity index (χ3v) is 3.67. The number of hydrogen-bond acceptors (Lipinski definition) is 4. The van der Waals surface area contributed by atoms with Gasteiger partial charge in [-0.15, -0.1) is 0 Å². The second-order valence-electron chi connectivity index (χ2n) is 5.01. The molecule has 0 atom stereocenters. The van der Waals surface area contributed by atoms with E-state index in [0.29, 0.717) is 10.3 Å². The molecular weight excluding hydrogens is 336 g/mol. The van der Waals surface area contributed by atoms with Crippen LogP contribution in [0.5, 0.6) is 0 Å². The first-order valence-electron chi connectivity index (χ1n) is 6.56. The van der Waals surface area contributed by atoms with Crippen LogP contribution in [0.4, 0.5) is 5.82 Å². The Bertz CT molecular complexity index is 768. The van der Waals surface area contributed by atoms with Gasteiger partial charge in [-0.2, -0.15) is 0 Å². The molecule has 1 saturated carbocycles. The molecule has 0 radical (unpaired) electrons. The van der Waals surface area contributed by atoms with Crippen molar-refractivity contribution in [2.24, 2.45) is 0 Å². The van der Waals surface area contributed by atoms with E-state index in [2.05, 4.69) is 31.2 Å². The summed E-state index contributed by atoms with van der Waals surface area (Å²) in [6.07, 6.45) is 5.05. The summed E-state index contributed by atoms with van der Waals surface area (Å²) in [6.45, 7) is 1.80. The molecule has 108 valence electrons. The van der Waals surface area contributed by atoms with Gasteiger partial charge < -0.3 is 9.88 Å². The van der Waals surface area contributed by atoms with E-state index in [1.54, 1.807) is 23.8 Å². The minimum Gasteiger partial charge on any atom is -0.311 e. The lowest BCUT2D eigenvalue weighted by Crippen LogP contribution is -2.28. The molecule has 2 aromatic heterocycles. The molecule has 2 aromatic rings. The normalized spacial score (nSPS) is 14.0. The van der Waals surface area contributed by atoms with E-state index in [1.807, 2.05) is 0 Å². The number of aromatic nitrogens is 3. The van der Waals surface area contributed by atoms with Crippen molar-refractivity contribution in [2.45, 2.75) is 25.8 Å². The molecule has 3 rings (SSSR count). The molecule has 2 heterocycles. The zero-order valence-corrected chi connectivity index (χ0v) is 12.9. The average Bonchev–Trinajstić information content (AvgIpc) is 3.25. The maximum Gasteiger partial charge on any atom is 0.263 e. The van der Waals surface area contributed by atoms with Crippen molar-refractivity contribution in [3.8, 4) is 0 Å². The number of amides is 1. The van der Waals surface area contributed by atoms with Gasteiger partial charge in [0.05, 0.1) is 0 Å². The van der Waals surface area contributed by atoms with Gasteiger partial charge >= 0.3 is 0 Å². The third kappa shape index (κ3) is 3.02. The van der Waals surface area contributed by atoms with Crippen LogP contribution in [0.1, 0.15) is 34.9 Å². The second-order valence-corrected chi connectivity index (χ2v) is 5.93. The molecule has 0 saturated heterocycles. The van der Waals surface area contributed by atoms with Crippen molar-refractivity contribution in [3.63, 3.8) is 0 Å². The summed E-state index contributed by atoms with van der Waals surface area (Å²) in [5.74, 6) is -0.0846. The third-order valence-electron chi connectivity index (χ3n) is 3.24. The van der Waals surface area contributed by atoms with Gasteiger partial charge in [0.1, 0.15) is 17.7 Å². The van der Waals surface area contributed by atoms with Crippen LogP contribution < -0.4 is 10.9 Å². The lowest BCUT2D eigenvalue weighted by Gasteiger charge is -2.09. The Morgan fingerprint density at radius 1 is 1.38 bits per heavy atom. The number of carbonyl (C=O) groups is 1.